The number of aryl methyl sites for hydroxylation is 1. The van der Waals surface area contributed by atoms with Gasteiger partial charge in [0, 0.05) is 45.2 Å². The summed E-state index contributed by atoms with van der Waals surface area (Å²) < 4.78 is 27.8. The van der Waals surface area contributed by atoms with Gasteiger partial charge in [-0.3, -0.25) is 14.5 Å². The average molecular weight is 465 g/mol. The first-order chi connectivity index (χ1) is 15.6. The van der Waals surface area contributed by atoms with Crippen LogP contribution in [0.15, 0.2) is 60.9 Å². The SMILES string of the molecule is C=S(C)(=O)NC(=O)c1cncc(C#Cc2cccc(NC(=O)Nc3cc(C)ccc3F)c2)c1. The van der Waals surface area contributed by atoms with Crippen molar-refractivity contribution in [3.05, 3.63) is 89.0 Å². The predicted octanol–water partition coefficient (Wildman–Crippen LogP) is 3.56. The Labute approximate surface area is 191 Å². The number of nitrogens with one attached hydrogen (secondary N) is 3. The molecule has 168 valence electrons. The smallest absolute Gasteiger partial charge is 0.308 e. The van der Waals surface area contributed by atoms with Gasteiger partial charge in [0.25, 0.3) is 5.91 Å². The second-order valence-corrected chi connectivity index (χ2v) is 9.51. The van der Waals surface area contributed by atoms with Gasteiger partial charge in [0.15, 0.2) is 0 Å². The normalized spacial score (nSPS) is 12.0. The van der Waals surface area contributed by atoms with Gasteiger partial charge in [-0.2, -0.15) is 0 Å². The summed E-state index contributed by atoms with van der Waals surface area (Å²) in [6, 6.07) is 12.1. The van der Waals surface area contributed by atoms with E-state index in [0.717, 1.165) is 5.56 Å². The highest BCUT2D eigenvalue weighted by Crippen LogP contribution is 2.17. The highest BCUT2D eigenvalue weighted by Gasteiger charge is 2.09. The summed E-state index contributed by atoms with van der Waals surface area (Å²) in [5.74, 6) is 8.13. The number of pyridine rings is 1. The molecule has 2 aromatic carbocycles. The molecule has 1 atom stereocenters. The maximum atomic E-state index is 13.8. The Balaban J connectivity index is 1.71. The maximum Gasteiger partial charge on any atom is 0.323 e. The fourth-order valence-corrected chi connectivity index (χ4v) is 3.24. The predicted molar refractivity (Wildman–Crippen MR) is 129 cm³/mol. The molecule has 0 bridgehead atoms. The van der Waals surface area contributed by atoms with Crippen LogP contribution in [0.2, 0.25) is 0 Å². The van der Waals surface area contributed by atoms with Gasteiger partial charge in [0.1, 0.15) is 5.82 Å². The topological polar surface area (TPSA) is 100 Å². The standard InChI is InChI=1S/C24H21FN4O3S/c1-16-7-10-21(25)22(11-16)28-24(31)27-20-6-4-5-17(13-20)8-9-18-12-19(15-26-14-18)23(30)29-33(2,3)32/h4-7,10-15H,2H2,1,3H3,(H2,27,28,31)(H,29,30,32). The fourth-order valence-electron chi connectivity index (χ4n) is 2.73. The number of halogens is 1. The summed E-state index contributed by atoms with van der Waals surface area (Å²) in [5, 5.41) is 5.12. The fraction of sp³-hybridized carbons (Fsp3) is 0.0833. The van der Waals surface area contributed by atoms with Crippen molar-refractivity contribution in [3.63, 3.8) is 0 Å². The Bertz CT molecular complexity index is 1390. The van der Waals surface area contributed by atoms with Crippen LogP contribution in [0.4, 0.5) is 20.6 Å². The highest BCUT2D eigenvalue weighted by atomic mass is 32.2. The molecule has 0 radical (unpaired) electrons. The van der Waals surface area contributed by atoms with Crippen LogP contribution in [0.5, 0.6) is 0 Å². The number of carbonyl (C=O) groups is 2. The molecule has 3 amide bonds. The maximum absolute atomic E-state index is 13.8. The van der Waals surface area contributed by atoms with Crippen molar-refractivity contribution >= 4 is 38.9 Å². The molecular weight excluding hydrogens is 443 g/mol. The van der Waals surface area contributed by atoms with Crippen LogP contribution in [0.25, 0.3) is 0 Å². The van der Waals surface area contributed by atoms with E-state index in [4.69, 9.17) is 0 Å². The average Bonchev–Trinajstić information content (AvgIpc) is 2.74. The monoisotopic (exact) mass is 464 g/mol. The highest BCUT2D eigenvalue weighted by molar-refractivity contribution is 7.98. The molecule has 0 spiro atoms. The molecule has 1 aromatic heterocycles. The molecule has 0 aliphatic heterocycles. The van der Waals surface area contributed by atoms with Crippen molar-refractivity contribution in [2.24, 2.45) is 0 Å². The zero-order valence-electron chi connectivity index (χ0n) is 17.9. The number of carbonyl (C=O) groups excluding carboxylic acids is 2. The zero-order chi connectivity index (χ0) is 24.0. The molecule has 9 heteroatoms. The van der Waals surface area contributed by atoms with Crippen LogP contribution in [0.1, 0.15) is 27.0 Å². The lowest BCUT2D eigenvalue weighted by atomic mass is 10.1. The van der Waals surface area contributed by atoms with Crippen molar-refractivity contribution in [1.29, 1.82) is 0 Å². The van der Waals surface area contributed by atoms with Crippen molar-refractivity contribution in [3.8, 4) is 11.8 Å². The first-order valence-corrected chi connectivity index (χ1v) is 11.8. The number of anilines is 2. The van der Waals surface area contributed by atoms with E-state index < -0.39 is 27.5 Å². The number of benzene rings is 2. The van der Waals surface area contributed by atoms with Crippen LogP contribution in [0, 0.1) is 24.6 Å². The molecule has 33 heavy (non-hydrogen) atoms. The van der Waals surface area contributed by atoms with Crippen LogP contribution in [-0.2, 0) is 9.71 Å². The summed E-state index contributed by atoms with van der Waals surface area (Å²) in [4.78, 5) is 28.3. The Morgan fingerprint density at radius 2 is 1.79 bits per heavy atom. The first-order valence-electron chi connectivity index (χ1n) is 9.65. The largest absolute Gasteiger partial charge is 0.323 e. The summed E-state index contributed by atoms with van der Waals surface area (Å²) in [6.45, 7) is 1.80. The minimum Gasteiger partial charge on any atom is -0.308 e. The Hall–Kier alpha value is -4.16. The number of amides is 3. The summed E-state index contributed by atoms with van der Waals surface area (Å²) in [6.07, 6.45) is 4.15. The Kier molecular flexibility index (Phi) is 7.10. The van der Waals surface area contributed by atoms with Gasteiger partial charge >= 0.3 is 6.03 Å². The third kappa shape index (κ3) is 7.19. The molecule has 0 aliphatic rings. The number of hydrogen-bond acceptors (Lipinski definition) is 4. The molecule has 0 aliphatic carbocycles. The van der Waals surface area contributed by atoms with Crippen LogP contribution in [0.3, 0.4) is 0 Å². The van der Waals surface area contributed by atoms with Gasteiger partial charge in [0.05, 0.1) is 11.3 Å². The number of urea groups is 1. The van der Waals surface area contributed by atoms with Gasteiger partial charge < -0.3 is 10.6 Å². The van der Waals surface area contributed by atoms with E-state index in [1.165, 1.54) is 36.8 Å². The van der Waals surface area contributed by atoms with Crippen molar-refractivity contribution in [2.45, 2.75) is 6.92 Å². The lowest BCUT2D eigenvalue weighted by Crippen LogP contribution is -2.29. The zero-order valence-corrected chi connectivity index (χ0v) is 18.8. The molecular formula is C24H21FN4O3S. The van der Waals surface area contributed by atoms with Crippen LogP contribution in [-0.4, -0.2) is 33.3 Å². The van der Waals surface area contributed by atoms with Gasteiger partial charge in [-0.25, -0.2) is 13.4 Å². The third-order valence-corrected chi connectivity index (χ3v) is 4.77. The lowest BCUT2D eigenvalue weighted by molar-refractivity contribution is 0.0982. The first kappa shape index (κ1) is 23.5. The second-order valence-electron chi connectivity index (χ2n) is 7.29. The summed E-state index contributed by atoms with van der Waals surface area (Å²) >= 11 is 0. The van der Waals surface area contributed by atoms with E-state index in [2.05, 4.69) is 38.1 Å². The Morgan fingerprint density at radius 3 is 2.55 bits per heavy atom. The van der Waals surface area contributed by atoms with Crippen LogP contribution >= 0.6 is 0 Å². The van der Waals surface area contributed by atoms with Gasteiger partial charge in [-0.15, -0.1) is 0 Å². The van der Waals surface area contributed by atoms with E-state index in [9.17, 15) is 18.2 Å². The van der Waals surface area contributed by atoms with Gasteiger partial charge in [-0.1, -0.05) is 24.0 Å². The van der Waals surface area contributed by atoms with E-state index in [0.29, 0.717) is 16.8 Å². The molecule has 0 saturated carbocycles. The molecule has 0 fully saturated rings. The quantitative estimate of drug-likeness (QED) is 0.406. The van der Waals surface area contributed by atoms with Crippen molar-refractivity contribution < 1.29 is 18.2 Å². The van der Waals surface area contributed by atoms with Gasteiger partial charge in [0.2, 0.25) is 0 Å². The van der Waals surface area contributed by atoms with E-state index in [1.54, 1.807) is 37.3 Å². The number of hydrogen-bond donors (Lipinski definition) is 3. The number of aromatic nitrogens is 1. The third-order valence-electron chi connectivity index (χ3n) is 4.15. The van der Waals surface area contributed by atoms with Crippen LogP contribution < -0.4 is 15.4 Å². The summed E-state index contributed by atoms with van der Waals surface area (Å²) in [7, 11) is -2.70. The molecule has 7 nitrogen and oxygen atoms in total. The van der Waals surface area contributed by atoms with E-state index >= 15 is 0 Å². The molecule has 1 heterocycles. The Morgan fingerprint density at radius 1 is 1.03 bits per heavy atom. The van der Waals surface area contributed by atoms with E-state index in [1.807, 2.05) is 0 Å². The van der Waals surface area contributed by atoms with Crippen molar-refractivity contribution in [1.82, 2.24) is 9.71 Å². The van der Waals surface area contributed by atoms with E-state index in [-0.39, 0.29) is 11.3 Å². The molecule has 3 rings (SSSR count). The molecule has 3 N–H and O–H groups in total. The number of nitrogens with zero attached hydrogens (tertiary/aromatic N) is 1. The van der Waals surface area contributed by atoms with Gasteiger partial charge in [-0.05, 0) is 54.8 Å². The molecule has 1 unspecified atom stereocenters. The lowest BCUT2D eigenvalue weighted by Gasteiger charge is -2.09. The minimum atomic E-state index is -2.70. The molecule has 3 aromatic rings. The number of rotatable bonds is 4. The minimum absolute atomic E-state index is 0.0811. The van der Waals surface area contributed by atoms with Crippen molar-refractivity contribution in [2.75, 3.05) is 16.9 Å². The molecule has 0 saturated heterocycles. The second kappa shape index (κ2) is 9.97. The summed E-state index contributed by atoms with van der Waals surface area (Å²) in [5.41, 5.74) is 2.63.